The van der Waals surface area contributed by atoms with E-state index < -0.39 is 0 Å². The minimum absolute atomic E-state index is 0.657. The number of hydrogen-bond acceptors (Lipinski definition) is 4. The summed E-state index contributed by atoms with van der Waals surface area (Å²) in [4.78, 5) is 14.8. The van der Waals surface area contributed by atoms with Gasteiger partial charge in [0.1, 0.15) is 0 Å². The average molecular weight is 679 g/mol. The van der Waals surface area contributed by atoms with Crippen LogP contribution in [0.4, 0.5) is 0 Å². The molecule has 0 spiro atoms. The zero-order valence-electron chi connectivity index (χ0n) is 27.7. The summed E-state index contributed by atoms with van der Waals surface area (Å²) in [6, 6.07) is 56.4. The van der Waals surface area contributed by atoms with Crippen molar-refractivity contribution in [2.45, 2.75) is 0 Å². The van der Waals surface area contributed by atoms with Gasteiger partial charge in [-0.15, -0.1) is 11.3 Å². The number of aromatic nitrogens is 4. The van der Waals surface area contributed by atoms with E-state index >= 15 is 0 Å². The summed E-state index contributed by atoms with van der Waals surface area (Å²) in [5, 5.41) is 10.4. The average Bonchev–Trinajstić information content (AvgIpc) is 3.73. The second-order valence-electron chi connectivity index (χ2n) is 13.6. The molecule has 0 N–H and O–H groups in total. The quantitative estimate of drug-likeness (QED) is 0.186. The summed E-state index contributed by atoms with van der Waals surface area (Å²) in [7, 11) is 0. The number of nitrogens with zero attached hydrogens (tertiary/aromatic N) is 4. The van der Waals surface area contributed by atoms with Gasteiger partial charge in [0.05, 0.1) is 11.0 Å². The Labute approximate surface area is 301 Å². The molecule has 3 aromatic heterocycles. The van der Waals surface area contributed by atoms with Gasteiger partial charge in [0.25, 0.3) is 0 Å². The smallest absolute Gasteiger partial charge is 0.164 e. The highest BCUT2D eigenvalue weighted by Crippen LogP contribution is 2.52. The summed E-state index contributed by atoms with van der Waals surface area (Å²) >= 11 is 1.90. The fraction of sp³-hybridized carbons (Fsp3) is 0. The Morgan fingerprint density at radius 2 is 0.962 bits per heavy atom. The lowest BCUT2D eigenvalue weighted by Gasteiger charge is -2.12. The normalized spacial score (nSPS) is 12.2. The van der Waals surface area contributed by atoms with Gasteiger partial charge in [-0.05, 0) is 69.8 Å². The second kappa shape index (κ2) is 10.4. The maximum Gasteiger partial charge on any atom is 0.164 e. The Bertz CT molecular complexity index is 3230. The number of benzene rings is 8. The van der Waals surface area contributed by atoms with Crippen LogP contribution in [0.1, 0.15) is 0 Å². The Kier molecular flexibility index (Phi) is 5.62. The van der Waals surface area contributed by atoms with E-state index in [1.54, 1.807) is 0 Å². The number of hydrogen-bond donors (Lipinski definition) is 0. The van der Waals surface area contributed by atoms with Gasteiger partial charge < -0.3 is 4.57 Å². The molecule has 0 amide bonds. The Morgan fingerprint density at radius 1 is 0.365 bits per heavy atom. The first-order valence-electron chi connectivity index (χ1n) is 17.5. The molecule has 240 valence electrons. The van der Waals surface area contributed by atoms with Crippen LogP contribution in [-0.4, -0.2) is 19.5 Å². The molecular weight excluding hydrogens is 653 g/mol. The van der Waals surface area contributed by atoms with Gasteiger partial charge in [-0.3, -0.25) is 0 Å². The van der Waals surface area contributed by atoms with E-state index in [1.807, 2.05) is 72.0 Å². The highest BCUT2D eigenvalue weighted by atomic mass is 32.1. The lowest BCUT2D eigenvalue weighted by atomic mass is 9.98. The summed E-state index contributed by atoms with van der Waals surface area (Å²) in [5.74, 6) is 1.98. The van der Waals surface area contributed by atoms with E-state index in [4.69, 9.17) is 15.0 Å². The van der Waals surface area contributed by atoms with E-state index in [0.29, 0.717) is 17.5 Å². The molecule has 0 bridgehead atoms. The molecule has 0 radical (unpaired) electrons. The molecule has 5 heteroatoms. The van der Waals surface area contributed by atoms with Crippen LogP contribution in [0.2, 0.25) is 0 Å². The molecule has 1 aliphatic carbocycles. The van der Waals surface area contributed by atoms with Crippen molar-refractivity contribution in [1.82, 2.24) is 19.5 Å². The number of fused-ring (bicyclic) bond motifs is 2. The zero-order chi connectivity index (χ0) is 33.9. The van der Waals surface area contributed by atoms with Crippen molar-refractivity contribution < 1.29 is 0 Å². The van der Waals surface area contributed by atoms with Gasteiger partial charge in [-0.25, -0.2) is 15.0 Å². The molecule has 12 rings (SSSR count). The lowest BCUT2D eigenvalue weighted by molar-refractivity contribution is 1.07. The van der Waals surface area contributed by atoms with Crippen LogP contribution in [0.15, 0.2) is 158 Å². The zero-order valence-corrected chi connectivity index (χ0v) is 28.5. The minimum Gasteiger partial charge on any atom is -0.309 e. The third-order valence-electron chi connectivity index (χ3n) is 10.7. The van der Waals surface area contributed by atoms with Crippen LogP contribution in [-0.2, 0) is 0 Å². The van der Waals surface area contributed by atoms with Gasteiger partial charge in [0, 0.05) is 58.7 Å². The molecular formula is C47H26N4S. The van der Waals surface area contributed by atoms with Gasteiger partial charge in [-0.1, -0.05) is 115 Å². The molecule has 3 heterocycles. The lowest BCUT2D eigenvalue weighted by Crippen LogP contribution is -2.00. The van der Waals surface area contributed by atoms with Crippen molar-refractivity contribution in [3.05, 3.63) is 158 Å². The SMILES string of the molecule is c1ccc(-c2nc(-c3ccccc3)nc(-c3ccc4cc(-n5c6cccc7c6c6c8c(ccc9sc%10cccc-7c%10c98)ccc65)ccc4c3)n2)cc1. The van der Waals surface area contributed by atoms with Crippen molar-refractivity contribution in [1.29, 1.82) is 0 Å². The number of thiophene rings is 1. The summed E-state index contributed by atoms with van der Waals surface area (Å²) in [5.41, 5.74) is 9.12. The second-order valence-corrected chi connectivity index (χ2v) is 14.7. The van der Waals surface area contributed by atoms with Gasteiger partial charge >= 0.3 is 0 Å². The fourth-order valence-corrected chi connectivity index (χ4v) is 9.59. The molecule has 0 aliphatic heterocycles. The van der Waals surface area contributed by atoms with Crippen LogP contribution >= 0.6 is 11.3 Å². The molecule has 11 aromatic rings. The Balaban J connectivity index is 1.06. The van der Waals surface area contributed by atoms with Gasteiger partial charge in [-0.2, -0.15) is 0 Å². The van der Waals surface area contributed by atoms with Crippen molar-refractivity contribution >= 4 is 74.9 Å². The monoisotopic (exact) mass is 678 g/mol. The predicted molar refractivity (Wildman–Crippen MR) is 217 cm³/mol. The maximum atomic E-state index is 4.98. The molecule has 1 aliphatic rings. The largest absolute Gasteiger partial charge is 0.309 e. The minimum atomic E-state index is 0.657. The summed E-state index contributed by atoms with van der Waals surface area (Å²) in [6.45, 7) is 0. The first kappa shape index (κ1) is 28.1. The van der Waals surface area contributed by atoms with Crippen LogP contribution < -0.4 is 0 Å². The highest BCUT2D eigenvalue weighted by molar-refractivity contribution is 7.26. The Morgan fingerprint density at radius 3 is 1.73 bits per heavy atom. The topological polar surface area (TPSA) is 43.6 Å². The summed E-state index contributed by atoms with van der Waals surface area (Å²) in [6.07, 6.45) is 0. The third-order valence-corrected chi connectivity index (χ3v) is 11.8. The Hall–Kier alpha value is -6.69. The van der Waals surface area contributed by atoms with Crippen molar-refractivity contribution in [3.8, 4) is 51.0 Å². The third kappa shape index (κ3) is 3.88. The standard InChI is InChI=1S/C47H26N4S/c1-3-9-28(10-4-1)45-48-46(29-11-5-2-6-12-29)50-47(49-45)32-18-17-31-26-33(22-19-30(31)25-32)51-36-15-7-13-34-35-14-8-16-38-42(35)44-39(52-38)24-21-27-20-23-37(51)43(40(27)44)41(34)36/h1-26H. The van der Waals surface area contributed by atoms with Crippen LogP contribution in [0.5, 0.6) is 0 Å². The first-order chi connectivity index (χ1) is 25.8. The predicted octanol–water partition coefficient (Wildman–Crippen LogP) is 12.6. The van der Waals surface area contributed by atoms with E-state index in [0.717, 1.165) is 33.2 Å². The van der Waals surface area contributed by atoms with E-state index in [2.05, 4.69) is 102 Å². The van der Waals surface area contributed by atoms with Crippen molar-refractivity contribution in [2.75, 3.05) is 0 Å². The molecule has 52 heavy (non-hydrogen) atoms. The highest BCUT2D eigenvalue weighted by Gasteiger charge is 2.25. The number of rotatable bonds is 4. The molecule has 4 nitrogen and oxygen atoms in total. The maximum absolute atomic E-state index is 4.98. The summed E-state index contributed by atoms with van der Waals surface area (Å²) < 4.78 is 5.16. The van der Waals surface area contributed by atoms with Crippen LogP contribution in [0, 0.1) is 0 Å². The van der Waals surface area contributed by atoms with E-state index in [9.17, 15) is 0 Å². The molecule has 8 aromatic carbocycles. The van der Waals surface area contributed by atoms with Gasteiger partial charge in [0.15, 0.2) is 17.5 Å². The molecule has 0 saturated carbocycles. The molecule has 0 unspecified atom stereocenters. The van der Waals surface area contributed by atoms with Crippen molar-refractivity contribution in [2.24, 2.45) is 0 Å². The van der Waals surface area contributed by atoms with E-state index in [1.165, 1.54) is 63.9 Å². The van der Waals surface area contributed by atoms with Gasteiger partial charge in [0.2, 0.25) is 0 Å². The molecule has 0 atom stereocenters. The fourth-order valence-electron chi connectivity index (χ4n) is 8.45. The molecule has 0 saturated heterocycles. The van der Waals surface area contributed by atoms with E-state index in [-0.39, 0.29) is 0 Å². The van der Waals surface area contributed by atoms with Crippen molar-refractivity contribution in [3.63, 3.8) is 0 Å². The molecule has 0 fully saturated rings. The van der Waals surface area contributed by atoms with Crippen LogP contribution in [0.25, 0.3) is 115 Å². The first-order valence-corrected chi connectivity index (χ1v) is 18.3. The van der Waals surface area contributed by atoms with Crippen LogP contribution in [0.3, 0.4) is 0 Å².